The number of para-hydroxylation sites is 1. The SMILES string of the molecule is CCc1ccccc1NC(=O)C(=O)NCC(O)c1ccc(Cl)cc1. The third kappa shape index (κ3) is 4.81. The average molecular weight is 347 g/mol. The van der Waals surface area contributed by atoms with E-state index < -0.39 is 17.9 Å². The van der Waals surface area contributed by atoms with E-state index in [0.717, 1.165) is 12.0 Å². The topological polar surface area (TPSA) is 78.4 Å². The quantitative estimate of drug-likeness (QED) is 0.728. The molecule has 2 aromatic rings. The van der Waals surface area contributed by atoms with Gasteiger partial charge in [0.05, 0.1) is 6.10 Å². The second-order valence-corrected chi connectivity index (χ2v) is 5.68. The summed E-state index contributed by atoms with van der Waals surface area (Å²) < 4.78 is 0. The van der Waals surface area contributed by atoms with Crippen molar-refractivity contribution in [2.75, 3.05) is 11.9 Å². The Kier molecular flexibility index (Phi) is 6.35. The Morgan fingerprint density at radius 1 is 1.08 bits per heavy atom. The van der Waals surface area contributed by atoms with Crippen LogP contribution in [0.25, 0.3) is 0 Å². The zero-order valence-corrected chi connectivity index (χ0v) is 14.0. The van der Waals surface area contributed by atoms with Gasteiger partial charge in [-0.15, -0.1) is 0 Å². The molecule has 0 heterocycles. The second-order valence-electron chi connectivity index (χ2n) is 5.24. The Balaban J connectivity index is 1.89. The van der Waals surface area contributed by atoms with Crippen LogP contribution in [0.3, 0.4) is 0 Å². The molecule has 0 aliphatic heterocycles. The molecule has 2 aromatic carbocycles. The van der Waals surface area contributed by atoms with Gasteiger partial charge in [-0.3, -0.25) is 9.59 Å². The number of carbonyl (C=O) groups is 2. The van der Waals surface area contributed by atoms with Crippen molar-refractivity contribution >= 4 is 29.1 Å². The van der Waals surface area contributed by atoms with Crippen molar-refractivity contribution in [3.63, 3.8) is 0 Å². The molecule has 24 heavy (non-hydrogen) atoms. The molecule has 6 heteroatoms. The van der Waals surface area contributed by atoms with E-state index in [9.17, 15) is 14.7 Å². The highest BCUT2D eigenvalue weighted by molar-refractivity contribution is 6.39. The average Bonchev–Trinajstić information content (AvgIpc) is 2.60. The molecule has 2 amide bonds. The molecule has 126 valence electrons. The lowest BCUT2D eigenvalue weighted by atomic mass is 10.1. The van der Waals surface area contributed by atoms with Crippen molar-refractivity contribution in [1.82, 2.24) is 5.32 Å². The van der Waals surface area contributed by atoms with Gasteiger partial charge in [0.1, 0.15) is 0 Å². The van der Waals surface area contributed by atoms with E-state index >= 15 is 0 Å². The minimum atomic E-state index is -0.915. The van der Waals surface area contributed by atoms with Gasteiger partial charge < -0.3 is 15.7 Å². The van der Waals surface area contributed by atoms with Crippen molar-refractivity contribution in [1.29, 1.82) is 0 Å². The minimum absolute atomic E-state index is 0.0662. The summed E-state index contributed by atoms with van der Waals surface area (Å²) in [5, 5.41) is 15.6. The number of hydrogen-bond acceptors (Lipinski definition) is 3. The van der Waals surface area contributed by atoms with Crippen LogP contribution < -0.4 is 10.6 Å². The fourth-order valence-corrected chi connectivity index (χ4v) is 2.33. The number of halogens is 1. The maximum Gasteiger partial charge on any atom is 0.313 e. The minimum Gasteiger partial charge on any atom is -0.387 e. The third-order valence-electron chi connectivity index (χ3n) is 3.56. The number of aliphatic hydroxyl groups is 1. The Morgan fingerprint density at radius 3 is 2.42 bits per heavy atom. The van der Waals surface area contributed by atoms with E-state index in [-0.39, 0.29) is 6.54 Å². The third-order valence-corrected chi connectivity index (χ3v) is 3.82. The highest BCUT2D eigenvalue weighted by Gasteiger charge is 2.16. The molecule has 0 radical (unpaired) electrons. The van der Waals surface area contributed by atoms with Crippen molar-refractivity contribution in [2.45, 2.75) is 19.4 Å². The number of carbonyl (C=O) groups excluding carboxylic acids is 2. The molecular weight excluding hydrogens is 328 g/mol. The van der Waals surface area contributed by atoms with Crippen LogP contribution in [0, 0.1) is 0 Å². The fraction of sp³-hybridized carbons (Fsp3) is 0.222. The highest BCUT2D eigenvalue weighted by atomic mass is 35.5. The standard InChI is InChI=1S/C18H19ClN2O3/c1-2-12-5-3-4-6-15(12)21-18(24)17(23)20-11-16(22)13-7-9-14(19)10-8-13/h3-10,16,22H,2,11H2,1H3,(H,20,23)(H,21,24). The Labute approximate surface area is 145 Å². The smallest absolute Gasteiger partial charge is 0.313 e. The van der Waals surface area contributed by atoms with Gasteiger partial charge in [-0.1, -0.05) is 48.9 Å². The first-order valence-corrected chi connectivity index (χ1v) is 7.99. The number of nitrogens with one attached hydrogen (secondary N) is 2. The molecule has 0 fully saturated rings. The van der Waals surface area contributed by atoms with Crippen molar-refractivity contribution in [3.05, 3.63) is 64.7 Å². The van der Waals surface area contributed by atoms with Crippen LogP contribution >= 0.6 is 11.6 Å². The number of aryl methyl sites for hydroxylation is 1. The Hall–Kier alpha value is -2.37. The van der Waals surface area contributed by atoms with Gasteiger partial charge in [0.2, 0.25) is 0 Å². The summed E-state index contributed by atoms with van der Waals surface area (Å²) in [5.74, 6) is -1.56. The summed E-state index contributed by atoms with van der Waals surface area (Å²) in [5.41, 5.74) is 2.16. The lowest BCUT2D eigenvalue weighted by molar-refractivity contribution is -0.136. The second kappa shape index (κ2) is 8.47. The summed E-state index contributed by atoms with van der Waals surface area (Å²) in [7, 11) is 0. The first kappa shape index (κ1) is 18.0. The molecule has 0 spiro atoms. The normalized spacial score (nSPS) is 11.6. The molecule has 2 rings (SSSR count). The molecule has 0 bridgehead atoms. The van der Waals surface area contributed by atoms with Gasteiger partial charge in [-0.25, -0.2) is 0 Å². The van der Waals surface area contributed by atoms with Crippen LogP contribution in [0.1, 0.15) is 24.2 Å². The highest BCUT2D eigenvalue weighted by Crippen LogP contribution is 2.16. The van der Waals surface area contributed by atoms with Gasteiger partial charge in [-0.2, -0.15) is 0 Å². The van der Waals surface area contributed by atoms with Crippen LogP contribution in [-0.4, -0.2) is 23.5 Å². The number of amides is 2. The van der Waals surface area contributed by atoms with E-state index in [1.807, 2.05) is 19.1 Å². The maximum absolute atomic E-state index is 12.0. The van der Waals surface area contributed by atoms with Crippen LogP contribution in [0.2, 0.25) is 5.02 Å². The molecular formula is C18H19ClN2O3. The summed E-state index contributed by atoms with van der Waals surface area (Å²) >= 11 is 5.78. The summed E-state index contributed by atoms with van der Waals surface area (Å²) in [6.07, 6.45) is -0.171. The predicted molar refractivity (Wildman–Crippen MR) is 93.9 cm³/mol. The zero-order chi connectivity index (χ0) is 17.5. The van der Waals surface area contributed by atoms with Gasteiger partial charge in [0, 0.05) is 17.3 Å². The van der Waals surface area contributed by atoms with Crippen LogP contribution in [0.5, 0.6) is 0 Å². The molecule has 3 N–H and O–H groups in total. The zero-order valence-electron chi connectivity index (χ0n) is 13.3. The van der Waals surface area contributed by atoms with Crippen LogP contribution in [-0.2, 0) is 16.0 Å². The Bertz CT molecular complexity index is 716. The molecule has 0 aliphatic carbocycles. The van der Waals surface area contributed by atoms with Gasteiger partial charge in [0.25, 0.3) is 0 Å². The number of aliphatic hydroxyl groups excluding tert-OH is 1. The molecule has 0 saturated carbocycles. The van der Waals surface area contributed by atoms with Crippen molar-refractivity contribution in [2.24, 2.45) is 0 Å². The van der Waals surface area contributed by atoms with Gasteiger partial charge in [0.15, 0.2) is 0 Å². The molecule has 1 atom stereocenters. The van der Waals surface area contributed by atoms with Gasteiger partial charge >= 0.3 is 11.8 Å². The van der Waals surface area contributed by atoms with Crippen molar-refractivity contribution in [3.8, 4) is 0 Å². The largest absolute Gasteiger partial charge is 0.387 e. The van der Waals surface area contributed by atoms with E-state index in [4.69, 9.17) is 11.6 Å². The lowest BCUT2D eigenvalue weighted by Crippen LogP contribution is -2.37. The van der Waals surface area contributed by atoms with Crippen LogP contribution in [0.15, 0.2) is 48.5 Å². The molecule has 5 nitrogen and oxygen atoms in total. The van der Waals surface area contributed by atoms with Crippen LogP contribution in [0.4, 0.5) is 5.69 Å². The number of benzene rings is 2. The summed E-state index contributed by atoms with van der Waals surface area (Å²) in [6, 6.07) is 13.9. The van der Waals surface area contributed by atoms with E-state index in [1.54, 1.807) is 36.4 Å². The van der Waals surface area contributed by atoms with E-state index in [0.29, 0.717) is 16.3 Å². The molecule has 0 aromatic heterocycles. The monoisotopic (exact) mass is 346 g/mol. The Morgan fingerprint density at radius 2 is 1.75 bits per heavy atom. The first-order chi connectivity index (χ1) is 11.5. The molecule has 1 unspecified atom stereocenters. The number of anilines is 1. The summed E-state index contributed by atoms with van der Waals surface area (Å²) in [6.45, 7) is 1.90. The molecule has 0 aliphatic rings. The number of rotatable bonds is 5. The summed E-state index contributed by atoms with van der Waals surface area (Å²) in [4.78, 5) is 23.8. The fourth-order valence-electron chi connectivity index (χ4n) is 2.20. The molecule has 0 saturated heterocycles. The lowest BCUT2D eigenvalue weighted by Gasteiger charge is -2.13. The van der Waals surface area contributed by atoms with Gasteiger partial charge in [-0.05, 0) is 35.7 Å². The van der Waals surface area contributed by atoms with E-state index in [1.165, 1.54) is 0 Å². The first-order valence-electron chi connectivity index (χ1n) is 7.62. The predicted octanol–water partition coefficient (Wildman–Crippen LogP) is 2.69. The maximum atomic E-state index is 12.0. The number of hydrogen-bond donors (Lipinski definition) is 3. The van der Waals surface area contributed by atoms with Crippen molar-refractivity contribution < 1.29 is 14.7 Å². The van der Waals surface area contributed by atoms with E-state index in [2.05, 4.69) is 10.6 Å².